The van der Waals surface area contributed by atoms with E-state index in [2.05, 4.69) is 5.32 Å². The van der Waals surface area contributed by atoms with Crippen LogP contribution in [-0.2, 0) is 9.53 Å². The Morgan fingerprint density at radius 1 is 1.56 bits per heavy atom. The highest BCUT2D eigenvalue weighted by Crippen LogP contribution is 2.41. The largest absolute Gasteiger partial charge is 0.392 e. The van der Waals surface area contributed by atoms with Gasteiger partial charge in [0, 0.05) is 13.7 Å². The minimum Gasteiger partial charge on any atom is -0.392 e. The topological polar surface area (TPSA) is 64.3 Å². The number of ether oxygens (including phenoxy) is 1. The highest BCUT2D eigenvalue weighted by Gasteiger charge is 2.47. The molecular weight excluding hydrogens is 224 g/mol. The van der Waals surface area contributed by atoms with Crippen LogP contribution in [0.2, 0.25) is 0 Å². The van der Waals surface area contributed by atoms with Crippen molar-refractivity contribution in [2.24, 2.45) is 11.1 Å². The van der Waals surface area contributed by atoms with Crippen LogP contribution in [0.4, 0.5) is 0 Å². The maximum atomic E-state index is 12.0. The molecule has 0 unspecified atom stereocenters. The Bertz CT molecular complexity index is 298. The van der Waals surface area contributed by atoms with Gasteiger partial charge in [0.2, 0.25) is 5.91 Å². The highest BCUT2D eigenvalue weighted by atomic mass is 32.1. The zero-order valence-electron chi connectivity index (χ0n) is 10.1. The average molecular weight is 244 g/mol. The Labute approximate surface area is 102 Å². The lowest BCUT2D eigenvalue weighted by atomic mass is 9.68. The standard InChI is InChI=1S/C11H20N2O2S/c1-10(2,15-3)7-13-9(14)11(8(12)16)5-4-6-11/h4-7H2,1-3H3,(H2,12,16)(H,13,14). The molecular formula is C11H20N2O2S. The second kappa shape index (κ2) is 4.67. The highest BCUT2D eigenvalue weighted by molar-refractivity contribution is 7.80. The fraction of sp³-hybridized carbons (Fsp3) is 0.818. The van der Waals surface area contributed by atoms with Crippen LogP contribution >= 0.6 is 12.2 Å². The number of thiocarbonyl (C=S) groups is 1. The fourth-order valence-electron chi connectivity index (χ4n) is 1.65. The number of rotatable bonds is 5. The molecule has 1 aliphatic rings. The first-order valence-corrected chi connectivity index (χ1v) is 5.88. The van der Waals surface area contributed by atoms with Gasteiger partial charge in [0.15, 0.2) is 0 Å². The van der Waals surface area contributed by atoms with Crippen molar-refractivity contribution in [3.05, 3.63) is 0 Å². The predicted molar refractivity (Wildman–Crippen MR) is 67.2 cm³/mol. The van der Waals surface area contributed by atoms with Gasteiger partial charge in [0.25, 0.3) is 0 Å². The van der Waals surface area contributed by atoms with Gasteiger partial charge in [-0.05, 0) is 26.7 Å². The number of methoxy groups -OCH3 is 1. The zero-order chi connectivity index (χ0) is 12.4. The van der Waals surface area contributed by atoms with Crippen LogP contribution < -0.4 is 11.1 Å². The van der Waals surface area contributed by atoms with Gasteiger partial charge in [-0.15, -0.1) is 0 Å². The van der Waals surface area contributed by atoms with Gasteiger partial charge >= 0.3 is 0 Å². The van der Waals surface area contributed by atoms with E-state index in [-0.39, 0.29) is 11.5 Å². The number of carbonyl (C=O) groups excluding carboxylic acids is 1. The number of hydrogen-bond acceptors (Lipinski definition) is 3. The summed E-state index contributed by atoms with van der Waals surface area (Å²) >= 11 is 4.98. The number of hydrogen-bond donors (Lipinski definition) is 2. The van der Waals surface area contributed by atoms with Crippen LogP contribution in [0.1, 0.15) is 33.1 Å². The molecule has 3 N–H and O–H groups in total. The summed E-state index contributed by atoms with van der Waals surface area (Å²) in [5.74, 6) is -0.0589. The van der Waals surface area contributed by atoms with Gasteiger partial charge in [0.05, 0.1) is 16.0 Å². The molecule has 0 atom stereocenters. The van der Waals surface area contributed by atoms with Crippen LogP contribution in [0.15, 0.2) is 0 Å². The van der Waals surface area contributed by atoms with Crippen molar-refractivity contribution >= 4 is 23.1 Å². The Balaban J connectivity index is 2.55. The summed E-state index contributed by atoms with van der Waals surface area (Å²) < 4.78 is 5.23. The molecule has 5 heteroatoms. The molecule has 4 nitrogen and oxygen atoms in total. The van der Waals surface area contributed by atoms with E-state index in [0.29, 0.717) is 11.5 Å². The molecule has 0 spiro atoms. The van der Waals surface area contributed by atoms with Crippen molar-refractivity contribution in [3.8, 4) is 0 Å². The summed E-state index contributed by atoms with van der Waals surface area (Å²) in [4.78, 5) is 12.3. The quantitative estimate of drug-likeness (QED) is 0.708. The van der Waals surface area contributed by atoms with Crippen LogP contribution in [0.5, 0.6) is 0 Å². The lowest BCUT2D eigenvalue weighted by Crippen LogP contribution is -2.55. The van der Waals surface area contributed by atoms with Gasteiger partial charge in [-0.2, -0.15) is 0 Å². The first-order chi connectivity index (χ1) is 7.34. The molecule has 92 valence electrons. The van der Waals surface area contributed by atoms with Crippen LogP contribution in [0, 0.1) is 5.41 Å². The van der Waals surface area contributed by atoms with Gasteiger partial charge in [-0.25, -0.2) is 0 Å². The van der Waals surface area contributed by atoms with Crippen LogP contribution in [0.3, 0.4) is 0 Å². The lowest BCUT2D eigenvalue weighted by Gasteiger charge is -2.39. The zero-order valence-corrected chi connectivity index (χ0v) is 10.9. The molecule has 1 aliphatic carbocycles. The maximum Gasteiger partial charge on any atom is 0.233 e. The molecule has 1 amide bonds. The van der Waals surface area contributed by atoms with E-state index in [1.54, 1.807) is 7.11 Å². The Morgan fingerprint density at radius 3 is 2.44 bits per heavy atom. The molecule has 0 radical (unpaired) electrons. The lowest BCUT2D eigenvalue weighted by molar-refractivity contribution is -0.132. The van der Waals surface area contributed by atoms with E-state index in [9.17, 15) is 4.79 Å². The number of nitrogens with two attached hydrogens (primary N) is 1. The van der Waals surface area contributed by atoms with E-state index in [1.165, 1.54) is 0 Å². The minimum atomic E-state index is -0.598. The number of amides is 1. The summed E-state index contributed by atoms with van der Waals surface area (Å²) in [6.07, 6.45) is 2.54. The molecule has 1 rings (SSSR count). The predicted octanol–water partition coefficient (Wildman–Crippen LogP) is 0.984. The molecule has 0 aromatic heterocycles. The molecule has 16 heavy (non-hydrogen) atoms. The molecule has 0 bridgehead atoms. The van der Waals surface area contributed by atoms with Crippen molar-refractivity contribution in [1.82, 2.24) is 5.32 Å². The molecule has 1 fully saturated rings. The van der Waals surface area contributed by atoms with Crippen molar-refractivity contribution in [2.45, 2.75) is 38.7 Å². The fourth-order valence-corrected chi connectivity index (χ4v) is 1.95. The first kappa shape index (κ1) is 13.4. The van der Waals surface area contributed by atoms with E-state index in [4.69, 9.17) is 22.7 Å². The smallest absolute Gasteiger partial charge is 0.233 e. The molecule has 0 aromatic rings. The molecule has 0 saturated heterocycles. The van der Waals surface area contributed by atoms with Crippen LogP contribution in [0.25, 0.3) is 0 Å². The number of nitrogens with one attached hydrogen (secondary N) is 1. The Kier molecular flexibility index (Phi) is 3.91. The van der Waals surface area contributed by atoms with E-state index < -0.39 is 5.41 Å². The van der Waals surface area contributed by atoms with Crippen molar-refractivity contribution in [2.75, 3.05) is 13.7 Å². The number of carbonyl (C=O) groups is 1. The second-order valence-electron chi connectivity index (χ2n) is 4.95. The summed E-state index contributed by atoms with van der Waals surface area (Å²) in [7, 11) is 1.62. The summed E-state index contributed by atoms with van der Waals surface area (Å²) in [6.45, 7) is 4.30. The Morgan fingerprint density at radius 2 is 2.12 bits per heavy atom. The molecule has 0 aliphatic heterocycles. The van der Waals surface area contributed by atoms with E-state index in [1.807, 2.05) is 13.8 Å². The van der Waals surface area contributed by atoms with Crippen molar-refractivity contribution in [1.29, 1.82) is 0 Å². The third-order valence-electron chi connectivity index (χ3n) is 3.34. The molecule has 1 saturated carbocycles. The second-order valence-corrected chi connectivity index (χ2v) is 5.39. The third kappa shape index (κ3) is 2.52. The summed E-state index contributed by atoms with van der Waals surface area (Å²) in [5.41, 5.74) is 4.68. The van der Waals surface area contributed by atoms with Gasteiger partial charge < -0.3 is 15.8 Å². The van der Waals surface area contributed by atoms with Crippen molar-refractivity contribution in [3.63, 3.8) is 0 Å². The average Bonchev–Trinajstić information content (AvgIpc) is 2.12. The van der Waals surface area contributed by atoms with E-state index in [0.717, 1.165) is 19.3 Å². The minimum absolute atomic E-state index is 0.0589. The summed E-state index contributed by atoms with van der Waals surface area (Å²) in [5, 5.41) is 2.87. The Hall–Kier alpha value is -0.680. The van der Waals surface area contributed by atoms with Gasteiger partial charge in [-0.3, -0.25) is 4.79 Å². The molecule has 0 aromatic carbocycles. The normalized spacial score (nSPS) is 18.7. The monoisotopic (exact) mass is 244 g/mol. The van der Waals surface area contributed by atoms with Crippen LogP contribution in [-0.4, -0.2) is 30.2 Å². The maximum absolute atomic E-state index is 12.0. The van der Waals surface area contributed by atoms with Gasteiger partial charge in [-0.1, -0.05) is 18.6 Å². The summed E-state index contributed by atoms with van der Waals surface area (Å²) in [6, 6.07) is 0. The first-order valence-electron chi connectivity index (χ1n) is 5.47. The van der Waals surface area contributed by atoms with Gasteiger partial charge in [0.1, 0.15) is 0 Å². The van der Waals surface area contributed by atoms with Crippen molar-refractivity contribution < 1.29 is 9.53 Å². The SMILES string of the molecule is COC(C)(C)CNC(=O)C1(C(N)=S)CCC1. The molecule has 0 heterocycles. The van der Waals surface area contributed by atoms with E-state index >= 15 is 0 Å². The third-order valence-corrected chi connectivity index (χ3v) is 3.73.